The summed E-state index contributed by atoms with van der Waals surface area (Å²) in [5, 5.41) is 0. The number of likely N-dealkylation sites (N-methyl/N-ethyl adjacent to an activating group) is 1. The fourth-order valence-electron chi connectivity index (χ4n) is 6.28. The van der Waals surface area contributed by atoms with Crippen molar-refractivity contribution in [3.05, 3.63) is 97.2 Å². The highest BCUT2D eigenvalue weighted by Crippen LogP contribution is 2.38. The number of allylic oxidation sites excluding steroid dienone is 16. The van der Waals surface area contributed by atoms with Gasteiger partial charge in [0.05, 0.1) is 27.7 Å². The first kappa shape index (κ1) is 60.9. The molecule has 366 valence electrons. The van der Waals surface area contributed by atoms with E-state index in [1.54, 1.807) is 0 Å². The van der Waals surface area contributed by atoms with Gasteiger partial charge in [0.2, 0.25) is 0 Å². The Morgan fingerprint density at radius 3 is 1.28 bits per heavy atom. The number of carbonyl (C=O) groups is 2. The van der Waals surface area contributed by atoms with E-state index >= 15 is 0 Å². The van der Waals surface area contributed by atoms with E-state index in [2.05, 4.69) is 111 Å². The number of unbranched alkanes of at least 4 members (excludes halogenated alkanes) is 14. The Morgan fingerprint density at radius 1 is 0.484 bits per heavy atom. The van der Waals surface area contributed by atoms with Gasteiger partial charge in [-0.25, -0.2) is 0 Å². The van der Waals surface area contributed by atoms with Crippen LogP contribution in [0.25, 0.3) is 0 Å². The van der Waals surface area contributed by atoms with Gasteiger partial charge >= 0.3 is 11.9 Å². The molecule has 2 unspecified atom stereocenters. The van der Waals surface area contributed by atoms with Gasteiger partial charge in [0.1, 0.15) is 19.8 Å². The SMILES string of the molecule is CC/C=C\C/C=C\C/C=C\C/C=C\CCCCCCCCCCCCCCC(=O)OC(COC(=O)CCCC/C=C\C/C=C\C/C=C\C/C=C\CC)COP(=O)([O-])OCC[N+](C)(C)C. The summed E-state index contributed by atoms with van der Waals surface area (Å²) < 4.78 is 34.0. The molecule has 64 heavy (non-hydrogen) atoms. The van der Waals surface area contributed by atoms with E-state index < -0.39 is 32.5 Å². The molecule has 0 bridgehead atoms. The summed E-state index contributed by atoms with van der Waals surface area (Å²) in [7, 11) is 1.13. The molecule has 0 rings (SSSR count). The van der Waals surface area contributed by atoms with Crippen LogP contribution < -0.4 is 4.89 Å². The summed E-state index contributed by atoms with van der Waals surface area (Å²) in [6.07, 6.45) is 60.2. The molecule has 0 N–H and O–H groups in total. The first-order valence-corrected chi connectivity index (χ1v) is 26.4. The third kappa shape index (κ3) is 48.4. The molecule has 0 aliphatic heterocycles. The molecule has 0 saturated heterocycles. The zero-order valence-electron chi connectivity index (χ0n) is 41.2. The Morgan fingerprint density at radius 2 is 0.844 bits per heavy atom. The molecule has 0 amide bonds. The van der Waals surface area contributed by atoms with Gasteiger partial charge in [0.15, 0.2) is 6.10 Å². The van der Waals surface area contributed by atoms with E-state index in [-0.39, 0.29) is 26.1 Å². The molecule has 10 heteroatoms. The van der Waals surface area contributed by atoms with Crippen molar-refractivity contribution in [3.63, 3.8) is 0 Å². The van der Waals surface area contributed by atoms with E-state index in [1.807, 2.05) is 21.1 Å². The molecule has 0 heterocycles. The van der Waals surface area contributed by atoms with Crippen molar-refractivity contribution < 1.29 is 42.1 Å². The largest absolute Gasteiger partial charge is 0.756 e. The zero-order valence-corrected chi connectivity index (χ0v) is 42.1. The van der Waals surface area contributed by atoms with Gasteiger partial charge in [-0.2, -0.15) is 0 Å². The summed E-state index contributed by atoms with van der Waals surface area (Å²) in [5.41, 5.74) is 0. The van der Waals surface area contributed by atoms with Crippen molar-refractivity contribution in [1.82, 2.24) is 0 Å². The second-order valence-electron chi connectivity index (χ2n) is 17.4. The van der Waals surface area contributed by atoms with Gasteiger partial charge < -0.3 is 27.9 Å². The van der Waals surface area contributed by atoms with Gasteiger partial charge in [-0.05, 0) is 89.9 Å². The second kappa shape index (κ2) is 45.1. The lowest BCUT2D eigenvalue weighted by Gasteiger charge is -2.28. The molecule has 0 saturated carbocycles. The number of esters is 2. The fraction of sp³-hybridized carbons (Fsp3) is 0.667. The topological polar surface area (TPSA) is 111 Å². The van der Waals surface area contributed by atoms with Crippen LogP contribution in [-0.2, 0) is 32.7 Å². The first-order chi connectivity index (χ1) is 31.0. The lowest BCUT2D eigenvalue weighted by Crippen LogP contribution is -2.37. The van der Waals surface area contributed by atoms with E-state index in [1.165, 1.54) is 57.8 Å². The number of nitrogens with zero attached hydrogens (tertiary/aromatic N) is 1. The number of quaternary nitrogens is 1. The quantitative estimate of drug-likeness (QED) is 0.0195. The third-order valence-corrected chi connectivity index (χ3v) is 11.1. The molecule has 0 fully saturated rings. The van der Waals surface area contributed by atoms with Gasteiger partial charge in [-0.3, -0.25) is 14.2 Å². The van der Waals surface area contributed by atoms with Gasteiger partial charge in [0, 0.05) is 12.8 Å². The van der Waals surface area contributed by atoms with Gasteiger partial charge in [0.25, 0.3) is 7.82 Å². The lowest BCUT2D eigenvalue weighted by molar-refractivity contribution is -0.870. The van der Waals surface area contributed by atoms with Crippen molar-refractivity contribution in [3.8, 4) is 0 Å². The maximum absolute atomic E-state index is 12.7. The van der Waals surface area contributed by atoms with Crippen LogP contribution in [0.4, 0.5) is 0 Å². The minimum absolute atomic E-state index is 0.0428. The number of hydrogen-bond acceptors (Lipinski definition) is 8. The Bertz CT molecular complexity index is 1400. The summed E-state index contributed by atoms with van der Waals surface area (Å²) in [5.74, 6) is -0.892. The molecule has 2 atom stereocenters. The fourth-order valence-corrected chi connectivity index (χ4v) is 7.01. The van der Waals surface area contributed by atoms with E-state index in [0.29, 0.717) is 23.9 Å². The van der Waals surface area contributed by atoms with Crippen LogP contribution in [0.1, 0.15) is 181 Å². The van der Waals surface area contributed by atoms with Gasteiger partial charge in [-0.15, -0.1) is 0 Å². The molecule has 0 aromatic heterocycles. The van der Waals surface area contributed by atoms with Crippen molar-refractivity contribution in [1.29, 1.82) is 0 Å². The number of phosphoric ester groups is 1. The summed E-state index contributed by atoms with van der Waals surface area (Å²) in [6.45, 7) is 3.94. The average molecular weight is 914 g/mol. The molecule has 0 radical (unpaired) electrons. The highest BCUT2D eigenvalue weighted by Gasteiger charge is 2.21. The lowest BCUT2D eigenvalue weighted by atomic mass is 10.0. The number of carbonyl (C=O) groups excluding carboxylic acids is 2. The van der Waals surface area contributed by atoms with Crippen LogP contribution in [0.5, 0.6) is 0 Å². The molecule has 0 aliphatic rings. The van der Waals surface area contributed by atoms with Crippen molar-refractivity contribution in [2.75, 3.05) is 47.5 Å². The first-order valence-electron chi connectivity index (χ1n) is 24.9. The van der Waals surface area contributed by atoms with E-state index in [9.17, 15) is 19.0 Å². The van der Waals surface area contributed by atoms with Crippen molar-refractivity contribution in [2.24, 2.45) is 0 Å². The molecule has 0 spiro atoms. The normalized spacial score (nSPS) is 14.3. The van der Waals surface area contributed by atoms with Crippen molar-refractivity contribution in [2.45, 2.75) is 187 Å². The van der Waals surface area contributed by atoms with E-state index in [4.69, 9.17) is 18.5 Å². The highest BCUT2D eigenvalue weighted by atomic mass is 31.2. The predicted molar refractivity (Wildman–Crippen MR) is 268 cm³/mol. The van der Waals surface area contributed by atoms with Crippen LogP contribution in [0.15, 0.2) is 97.2 Å². The Labute approximate surface area is 392 Å². The monoisotopic (exact) mass is 914 g/mol. The van der Waals surface area contributed by atoms with Crippen LogP contribution in [0, 0.1) is 0 Å². The van der Waals surface area contributed by atoms with Crippen LogP contribution in [-0.4, -0.2) is 70.0 Å². The van der Waals surface area contributed by atoms with Crippen LogP contribution >= 0.6 is 7.82 Å². The summed E-state index contributed by atoms with van der Waals surface area (Å²) in [4.78, 5) is 37.7. The predicted octanol–water partition coefficient (Wildman–Crippen LogP) is 14.3. The van der Waals surface area contributed by atoms with E-state index in [0.717, 1.165) is 83.5 Å². The average Bonchev–Trinajstić information content (AvgIpc) is 3.25. The number of rotatable bonds is 44. The molecule has 0 aromatic rings. The smallest absolute Gasteiger partial charge is 0.306 e. The highest BCUT2D eigenvalue weighted by molar-refractivity contribution is 7.45. The van der Waals surface area contributed by atoms with Crippen LogP contribution in [0.2, 0.25) is 0 Å². The maximum atomic E-state index is 12.7. The number of phosphoric acid groups is 1. The van der Waals surface area contributed by atoms with Crippen LogP contribution in [0.3, 0.4) is 0 Å². The van der Waals surface area contributed by atoms with Gasteiger partial charge in [-0.1, -0.05) is 175 Å². The molecule has 0 aromatic carbocycles. The standard InChI is InChI=1S/C54H92NO8P/c1-6-8-10-12-14-16-18-20-22-23-24-25-26-27-28-29-30-31-33-35-37-39-41-43-45-47-54(57)63-52(51-62-64(58,59)61-49-48-55(3,4)5)50-60-53(56)46-44-42-40-38-36-34-32-21-19-17-15-13-11-9-7-2/h8-11,14-17,20-22,24-25,32,36,38,52H,6-7,12-13,18-19,23,26-31,33-35,37,39-51H2,1-5H3/b10-8-,11-9-,16-14-,17-15-,22-20-,25-24-,32-21-,38-36-. The Kier molecular flexibility index (Phi) is 42.9. The third-order valence-electron chi connectivity index (χ3n) is 10.1. The zero-order chi connectivity index (χ0) is 47.1. The minimum atomic E-state index is -4.65. The number of hydrogen-bond donors (Lipinski definition) is 0. The minimum Gasteiger partial charge on any atom is -0.756 e. The second-order valence-corrected chi connectivity index (χ2v) is 18.8. The molecule has 9 nitrogen and oxygen atoms in total. The maximum Gasteiger partial charge on any atom is 0.306 e. The Balaban J connectivity index is 4.28. The molecule has 0 aliphatic carbocycles. The summed E-state index contributed by atoms with van der Waals surface area (Å²) >= 11 is 0. The van der Waals surface area contributed by atoms with Crippen molar-refractivity contribution >= 4 is 19.8 Å². The molecular formula is C54H92NO8P. The summed E-state index contributed by atoms with van der Waals surface area (Å²) in [6, 6.07) is 0. The Hall–Kier alpha value is -3.07. The molecular weight excluding hydrogens is 822 g/mol. The number of ether oxygens (including phenoxy) is 2.